The first-order valence-electron chi connectivity index (χ1n) is 8.82. The van der Waals surface area contributed by atoms with Gasteiger partial charge in [0.05, 0.1) is 12.2 Å². The molecule has 0 unspecified atom stereocenters. The quantitative estimate of drug-likeness (QED) is 0.878. The molecule has 2 aromatic rings. The van der Waals surface area contributed by atoms with Gasteiger partial charge >= 0.3 is 0 Å². The van der Waals surface area contributed by atoms with Gasteiger partial charge in [-0.3, -0.25) is 4.79 Å². The molecule has 0 aliphatic carbocycles. The smallest absolute Gasteiger partial charge is 0.241 e. The number of hydrogen-bond donors (Lipinski definition) is 1. The van der Waals surface area contributed by atoms with Crippen LogP contribution in [-0.4, -0.2) is 55.0 Å². The van der Waals surface area contributed by atoms with Crippen molar-refractivity contribution in [1.29, 1.82) is 0 Å². The fraction of sp³-hybridized carbons (Fsp3) is 0.350. The van der Waals surface area contributed by atoms with Crippen LogP contribution in [0.1, 0.15) is 6.92 Å². The molecule has 1 heterocycles. The van der Waals surface area contributed by atoms with E-state index in [0.717, 1.165) is 49.9 Å². The summed E-state index contributed by atoms with van der Waals surface area (Å²) >= 11 is 0. The van der Waals surface area contributed by atoms with Gasteiger partial charge in [-0.1, -0.05) is 37.3 Å². The SMILES string of the molecule is CCN1CCN(C(=O)CNc2ccccc2Oc2ccccc2)CC1. The van der Waals surface area contributed by atoms with Crippen LogP contribution < -0.4 is 10.1 Å². The van der Waals surface area contributed by atoms with Crippen molar-refractivity contribution < 1.29 is 9.53 Å². The number of nitrogens with one attached hydrogen (secondary N) is 1. The Balaban J connectivity index is 1.57. The predicted octanol–water partition coefficient (Wildman–Crippen LogP) is 3.05. The maximum atomic E-state index is 12.4. The van der Waals surface area contributed by atoms with Gasteiger partial charge in [-0.15, -0.1) is 0 Å². The highest BCUT2D eigenvalue weighted by Gasteiger charge is 2.20. The summed E-state index contributed by atoms with van der Waals surface area (Å²) in [5, 5.41) is 3.23. The van der Waals surface area contributed by atoms with Crippen LogP contribution in [0, 0.1) is 0 Å². The van der Waals surface area contributed by atoms with Gasteiger partial charge in [0, 0.05) is 26.2 Å². The number of ether oxygens (including phenoxy) is 1. The lowest BCUT2D eigenvalue weighted by Crippen LogP contribution is -2.49. The number of para-hydroxylation sites is 3. The van der Waals surface area contributed by atoms with E-state index >= 15 is 0 Å². The van der Waals surface area contributed by atoms with Crippen LogP contribution in [-0.2, 0) is 4.79 Å². The van der Waals surface area contributed by atoms with E-state index in [4.69, 9.17) is 4.74 Å². The second-order valence-corrected chi connectivity index (χ2v) is 6.08. The van der Waals surface area contributed by atoms with E-state index in [0.29, 0.717) is 0 Å². The summed E-state index contributed by atoms with van der Waals surface area (Å²) in [4.78, 5) is 16.7. The molecule has 1 amide bonds. The lowest BCUT2D eigenvalue weighted by Gasteiger charge is -2.34. The second kappa shape index (κ2) is 8.53. The largest absolute Gasteiger partial charge is 0.455 e. The Morgan fingerprint density at radius 1 is 1.00 bits per heavy atom. The monoisotopic (exact) mass is 339 g/mol. The van der Waals surface area contributed by atoms with Crippen molar-refractivity contribution in [3.05, 3.63) is 54.6 Å². The lowest BCUT2D eigenvalue weighted by molar-refractivity contribution is -0.131. The lowest BCUT2D eigenvalue weighted by atomic mass is 10.2. The Labute approximate surface area is 149 Å². The number of nitrogens with zero attached hydrogens (tertiary/aromatic N) is 2. The summed E-state index contributed by atoms with van der Waals surface area (Å²) in [7, 11) is 0. The van der Waals surface area contributed by atoms with Crippen molar-refractivity contribution in [2.24, 2.45) is 0 Å². The van der Waals surface area contributed by atoms with Gasteiger partial charge in [-0.05, 0) is 30.8 Å². The first-order chi connectivity index (χ1) is 12.3. The Hall–Kier alpha value is -2.53. The highest BCUT2D eigenvalue weighted by molar-refractivity contribution is 5.81. The number of carbonyl (C=O) groups is 1. The van der Waals surface area contributed by atoms with Gasteiger partial charge < -0.3 is 19.9 Å². The Morgan fingerprint density at radius 3 is 2.40 bits per heavy atom. The second-order valence-electron chi connectivity index (χ2n) is 6.08. The average Bonchev–Trinajstić information content (AvgIpc) is 2.68. The van der Waals surface area contributed by atoms with Crippen molar-refractivity contribution in [3.8, 4) is 11.5 Å². The van der Waals surface area contributed by atoms with E-state index in [2.05, 4.69) is 17.1 Å². The molecule has 5 nitrogen and oxygen atoms in total. The molecule has 0 atom stereocenters. The van der Waals surface area contributed by atoms with E-state index < -0.39 is 0 Å². The van der Waals surface area contributed by atoms with Crippen LogP contribution in [0.4, 0.5) is 5.69 Å². The van der Waals surface area contributed by atoms with Crippen molar-refractivity contribution in [2.75, 3.05) is 44.6 Å². The van der Waals surface area contributed by atoms with E-state index in [-0.39, 0.29) is 12.5 Å². The molecular formula is C20H25N3O2. The molecule has 25 heavy (non-hydrogen) atoms. The zero-order valence-electron chi connectivity index (χ0n) is 14.6. The molecule has 1 N–H and O–H groups in total. The first-order valence-corrected chi connectivity index (χ1v) is 8.82. The van der Waals surface area contributed by atoms with Crippen molar-refractivity contribution in [2.45, 2.75) is 6.92 Å². The molecular weight excluding hydrogens is 314 g/mol. The van der Waals surface area contributed by atoms with E-state index in [9.17, 15) is 4.79 Å². The van der Waals surface area contributed by atoms with Gasteiger partial charge in [0.2, 0.25) is 5.91 Å². The summed E-state index contributed by atoms with van der Waals surface area (Å²) in [6.45, 7) is 6.99. The fourth-order valence-electron chi connectivity index (χ4n) is 2.91. The number of amides is 1. The fourth-order valence-corrected chi connectivity index (χ4v) is 2.91. The summed E-state index contributed by atoms with van der Waals surface area (Å²) < 4.78 is 5.92. The maximum Gasteiger partial charge on any atom is 0.241 e. The summed E-state index contributed by atoms with van der Waals surface area (Å²) in [5.41, 5.74) is 0.826. The predicted molar refractivity (Wildman–Crippen MR) is 100 cm³/mol. The van der Waals surface area contributed by atoms with Crippen LogP contribution in [0.2, 0.25) is 0 Å². The van der Waals surface area contributed by atoms with Crippen molar-refractivity contribution in [3.63, 3.8) is 0 Å². The molecule has 1 saturated heterocycles. The van der Waals surface area contributed by atoms with E-state index in [1.54, 1.807) is 0 Å². The minimum absolute atomic E-state index is 0.130. The van der Waals surface area contributed by atoms with Gasteiger partial charge in [0.1, 0.15) is 5.75 Å². The Kier molecular flexibility index (Phi) is 5.90. The van der Waals surface area contributed by atoms with Crippen LogP contribution in [0.3, 0.4) is 0 Å². The summed E-state index contributed by atoms with van der Waals surface area (Å²) in [5.74, 6) is 1.63. The number of benzene rings is 2. The maximum absolute atomic E-state index is 12.4. The number of carbonyl (C=O) groups excluding carboxylic acids is 1. The van der Waals surface area contributed by atoms with Crippen LogP contribution in [0.5, 0.6) is 11.5 Å². The number of anilines is 1. The topological polar surface area (TPSA) is 44.8 Å². The van der Waals surface area contributed by atoms with Gasteiger partial charge in [0.25, 0.3) is 0 Å². The molecule has 1 aliphatic heterocycles. The Bertz CT molecular complexity index is 682. The number of piperazine rings is 1. The average molecular weight is 339 g/mol. The summed E-state index contributed by atoms with van der Waals surface area (Å²) in [6.07, 6.45) is 0. The first kappa shape index (κ1) is 17.3. The molecule has 2 aromatic carbocycles. The number of hydrogen-bond acceptors (Lipinski definition) is 4. The van der Waals surface area contributed by atoms with E-state index in [1.165, 1.54) is 0 Å². The molecule has 1 fully saturated rings. The van der Waals surface area contributed by atoms with Gasteiger partial charge in [0.15, 0.2) is 5.75 Å². The third-order valence-electron chi connectivity index (χ3n) is 4.46. The molecule has 132 valence electrons. The van der Waals surface area contributed by atoms with Crippen molar-refractivity contribution in [1.82, 2.24) is 9.80 Å². The number of rotatable bonds is 6. The molecule has 0 spiro atoms. The molecule has 0 aromatic heterocycles. The normalized spacial score (nSPS) is 15.0. The van der Waals surface area contributed by atoms with Gasteiger partial charge in [-0.25, -0.2) is 0 Å². The van der Waals surface area contributed by atoms with Crippen molar-refractivity contribution >= 4 is 11.6 Å². The third kappa shape index (κ3) is 4.73. The van der Waals surface area contributed by atoms with Gasteiger partial charge in [-0.2, -0.15) is 0 Å². The van der Waals surface area contributed by atoms with Crippen LogP contribution in [0.15, 0.2) is 54.6 Å². The van der Waals surface area contributed by atoms with Crippen LogP contribution >= 0.6 is 0 Å². The highest BCUT2D eigenvalue weighted by atomic mass is 16.5. The Morgan fingerprint density at radius 2 is 1.68 bits per heavy atom. The molecule has 0 saturated carbocycles. The molecule has 3 rings (SSSR count). The molecule has 5 heteroatoms. The minimum Gasteiger partial charge on any atom is -0.455 e. The number of likely N-dealkylation sites (N-methyl/N-ethyl adjacent to an activating group) is 1. The zero-order valence-corrected chi connectivity index (χ0v) is 14.6. The van der Waals surface area contributed by atoms with Crippen LogP contribution in [0.25, 0.3) is 0 Å². The standard InChI is InChI=1S/C20H25N3O2/c1-2-22-12-14-23(15-13-22)20(24)16-21-18-10-6-7-11-19(18)25-17-8-4-3-5-9-17/h3-11,21H,2,12-16H2,1H3. The zero-order chi connectivity index (χ0) is 17.5. The highest BCUT2D eigenvalue weighted by Crippen LogP contribution is 2.28. The summed E-state index contributed by atoms with van der Waals surface area (Å²) in [6, 6.07) is 17.3. The third-order valence-corrected chi connectivity index (χ3v) is 4.46. The van der Waals surface area contributed by atoms with E-state index in [1.807, 2.05) is 59.5 Å². The molecule has 0 bridgehead atoms. The molecule has 0 radical (unpaired) electrons. The minimum atomic E-state index is 0.130. The molecule has 1 aliphatic rings.